The molecular weight excluding hydrogens is 393 g/mol. The lowest BCUT2D eigenvalue weighted by Crippen LogP contribution is -2.42. The van der Waals surface area contributed by atoms with Crippen molar-refractivity contribution in [1.82, 2.24) is 9.88 Å². The molecule has 0 bridgehead atoms. The van der Waals surface area contributed by atoms with Crippen molar-refractivity contribution in [2.24, 2.45) is 0 Å². The Morgan fingerprint density at radius 1 is 1.04 bits per heavy atom. The number of hydrogen-bond acceptors (Lipinski definition) is 6. The Bertz CT molecular complexity index is 838. The average molecular weight is 417 g/mol. The zero-order valence-corrected chi connectivity index (χ0v) is 18.9. The molecular formula is C17H24N2S5. The molecule has 0 saturated carbocycles. The van der Waals surface area contributed by atoms with Crippen LogP contribution >= 0.6 is 63.1 Å². The summed E-state index contributed by atoms with van der Waals surface area (Å²) in [5, 5.41) is 2.14. The second-order valence-electron chi connectivity index (χ2n) is 7.05. The van der Waals surface area contributed by atoms with Gasteiger partial charge in [0, 0.05) is 16.2 Å². The van der Waals surface area contributed by atoms with Gasteiger partial charge in [-0.2, -0.15) is 12.6 Å². The average Bonchev–Trinajstić information content (AvgIpc) is 2.91. The summed E-state index contributed by atoms with van der Waals surface area (Å²) in [7, 11) is 2.02. The molecule has 1 N–H and O–H groups in total. The third-order valence-corrected chi connectivity index (χ3v) is 8.34. The number of likely N-dealkylation sites (N-methyl/N-ethyl adjacent to an activating group) is 1. The Morgan fingerprint density at radius 3 is 2.12 bits per heavy atom. The van der Waals surface area contributed by atoms with Crippen LogP contribution in [0.15, 0.2) is 9.92 Å². The summed E-state index contributed by atoms with van der Waals surface area (Å²) in [6.07, 6.45) is 0.788. The molecule has 2 atom stereocenters. The summed E-state index contributed by atoms with van der Waals surface area (Å²) in [6.45, 7) is 8.52. The molecule has 0 radical (unpaired) electrons. The number of hydrogen-bond donors (Lipinski definition) is 6. The van der Waals surface area contributed by atoms with E-state index < -0.39 is 4.20 Å². The first kappa shape index (κ1) is 19.2. The van der Waals surface area contributed by atoms with E-state index in [1.165, 1.54) is 22.1 Å². The molecule has 1 aromatic heterocycles. The summed E-state index contributed by atoms with van der Waals surface area (Å²) < 4.78 is -0.507. The van der Waals surface area contributed by atoms with Gasteiger partial charge in [-0.15, -0.1) is 50.5 Å². The van der Waals surface area contributed by atoms with Crippen molar-refractivity contribution < 1.29 is 0 Å². The number of nitrogens with one attached hydrogen (secondary N) is 1. The lowest BCUT2D eigenvalue weighted by molar-refractivity contribution is 0.257. The molecule has 1 aliphatic heterocycles. The number of aromatic nitrogens is 1. The first-order chi connectivity index (χ1) is 10.9. The summed E-state index contributed by atoms with van der Waals surface area (Å²) >= 11 is 24.0. The number of aryl methyl sites for hydroxylation is 2. The molecule has 1 fully saturated rings. The lowest BCUT2D eigenvalue weighted by Gasteiger charge is -2.36. The summed E-state index contributed by atoms with van der Waals surface area (Å²) in [5.74, 6) is 0.158. The van der Waals surface area contributed by atoms with Crippen LogP contribution in [0.3, 0.4) is 0 Å². The number of likely N-dealkylation sites (tertiary alicyclic amines) is 1. The fourth-order valence-corrected chi connectivity index (χ4v) is 5.84. The van der Waals surface area contributed by atoms with E-state index in [4.69, 9.17) is 63.1 Å². The normalized spacial score (nSPS) is 27.3. The van der Waals surface area contributed by atoms with Crippen LogP contribution in [0.1, 0.15) is 41.5 Å². The van der Waals surface area contributed by atoms with E-state index in [9.17, 15) is 0 Å². The number of fused-ring (bicyclic) bond motifs is 1. The molecule has 24 heavy (non-hydrogen) atoms. The Labute approximate surface area is 171 Å². The number of aromatic amines is 1. The minimum absolute atomic E-state index is 0.158. The summed E-state index contributed by atoms with van der Waals surface area (Å²) in [4.78, 5) is 6.26. The first-order valence-corrected chi connectivity index (χ1v) is 10.1. The van der Waals surface area contributed by atoms with E-state index in [0.29, 0.717) is 0 Å². The lowest BCUT2D eigenvalue weighted by atomic mass is 9.88. The van der Waals surface area contributed by atoms with E-state index in [0.717, 1.165) is 27.4 Å². The number of thiol groups is 5. The van der Waals surface area contributed by atoms with E-state index in [-0.39, 0.29) is 10.8 Å². The van der Waals surface area contributed by atoms with Crippen LogP contribution in [-0.4, -0.2) is 26.0 Å². The Morgan fingerprint density at radius 2 is 1.62 bits per heavy atom. The van der Waals surface area contributed by atoms with E-state index in [1.54, 1.807) is 0 Å². The zero-order chi connectivity index (χ0) is 18.2. The van der Waals surface area contributed by atoms with E-state index >= 15 is 0 Å². The molecule has 1 saturated heterocycles. The van der Waals surface area contributed by atoms with Crippen LogP contribution in [0, 0.1) is 20.8 Å². The Hall–Kier alpha value is 0.470. The van der Waals surface area contributed by atoms with Crippen molar-refractivity contribution in [3.05, 3.63) is 22.3 Å². The molecule has 1 aromatic carbocycles. The molecule has 2 aromatic rings. The number of rotatable bonds is 1. The molecule has 2 heterocycles. The van der Waals surface area contributed by atoms with Gasteiger partial charge in [0.05, 0.1) is 15.4 Å². The van der Waals surface area contributed by atoms with Gasteiger partial charge in [0.25, 0.3) is 0 Å². The molecule has 7 heteroatoms. The number of nitrogens with zero attached hydrogens (tertiary/aromatic N) is 1. The molecule has 2 unspecified atom stereocenters. The van der Waals surface area contributed by atoms with Crippen molar-refractivity contribution in [3.8, 4) is 0 Å². The largest absolute Gasteiger partial charge is 0.349 e. The van der Waals surface area contributed by atoms with Gasteiger partial charge < -0.3 is 4.98 Å². The highest BCUT2D eigenvalue weighted by Gasteiger charge is 2.53. The SMILES string of the molecule is Cc1c(S)c(C)c2[nH]c(S)c(C3CC(S)(S)N(C)C3(C)S)c2c1C. The molecule has 0 aliphatic carbocycles. The predicted octanol–water partition coefficient (Wildman–Crippen LogP) is 5.25. The fraction of sp³-hybridized carbons (Fsp3) is 0.529. The minimum atomic E-state index is -0.507. The van der Waals surface area contributed by atoms with Crippen molar-refractivity contribution in [2.75, 3.05) is 7.05 Å². The summed E-state index contributed by atoms with van der Waals surface area (Å²) in [5.41, 5.74) is 5.94. The maximum Gasteiger partial charge on any atom is 0.110 e. The first-order valence-electron chi connectivity index (χ1n) is 7.85. The van der Waals surface area contributed by atoms with E-state index in [1.807, 2.05) is 7.05 Å². The Balaban J connectivity index is 2.34. The third kappa shape index (κ3) is 2.57. The maximum absolute atomic E-state index is 4.98. The monoisotopic (exact) mass is 416 g/mol. The smallest absolute Gasteiger partial charge is 0.110 e. The van der Waals surface area contributed by atoms with Crippen LogP contribution in [-0.2, 0) is 0 Å². The van der Waals surface area contributed by atoms with Crippen LogP contribution in [0.4, 0.5) is 0 Å². The molecule has 132 valence electrons. The third-order valence-electron chi connectivity index (χ3n) is 5.74. The van der Waals surface area contributed by atoms with Crippen molar-refractivity contribution >= 4 is 74.0 Å². The molecule has 0 spiro atoms. The van der Waals surface area contributed by atoms with Crippen LogP contribution < -0.4 is 0 Å². The van der Waals surface area contributed by atoms with Crippen LogP contribution in [0.25, 0.3) is 10.9 Å². The van der Waals surface area contributed by atoms with Crippen molar-refractivity contribution in [1.29, 1.82) is 0 Å². The molecule has 3 rings (SSSR count). The summed E-state index contributed by atoms with van der Waals surface area (Å²) in [6, 6.07) is 0. The Kier molecular flexibility index (Phi) is 4.80. The van der Waals surface area contributed by atoms with Crippen molar-refractivity contribution in [3.63, 3.8) is 0 Å². The number of H-pyrrole nitrogens is 1. The predicted molar refractivity (Wildman–Crippen MR) is 120 cm³/mol. The highest BCUT2D eigenvalue weighted by Crippen LogP contribution is 2.57. The zero-order valence-electron chi connectivity index (χ0n) is 14.5. The van der Waals surface area contributed by atoms with Gasteiger partial charge in [-0.05, 0) is 63.4 Å². The van der Waals surface area contributed by atoms with Gasteiger partial charge in [-0.1, -0.05) is 0 Å². The van der Waals surface area contributed by atoms with Crippen molar-refractivity contribution in [2.45, 2.75) is 59.0 Å². The van der Waals surface area contributed by atoms with Crippen LogP contribution in [0.5, 0.6) is 0 Å². The minimum Gasteiger partial charge on any atom is -0.349 e. The molecule has 2 nitrogen and oxygen atoms in total. The van der Waals surface area contributed by atoms with Gasteiger partial charge in [0.15, 0.2) is 0 Å². The second-order valence-corrected chi connectivity index (χ2v) is 10.7. The highest BCUT2D eigenvalue weighted by molar-refractivity contribution is 8.00. The van der Waals surface area contributed by atoms with Gasteiger partial charge in [-0.25, -0.2) is 0 Å². The fourth-order valence-electron chi connectivity index (χ4n) is 3.85. The van der Waals surface area contributed by atoms with Gasteiger partial charge in [0.2, 0.25) is 0 Å². The van der Waals surface area contributed by atoms with Gasteiger partial charge in [0.1, 0.15) is 4.20 Å². The molecule has 1 aliphatic rings. The standard InChI is InChI=1S/C17H24N2S5/c1-7-8(2)14(20)9(3)13-11(7)12(15(21)18-13)10-6-17(23,24)19(5)16(10,4)22/h10,18,20-24H,6H2,1-5H3. The van der Waals surface area contributed by atoms with Gasteiger partial charge in [-0.3, -0.25) is 4.90 Å². The topological polar surface area (TPSA) is 19.0 Å². The quantitative estimate of drug-likeness (QED) is 0.277. The second kappa shape index (κ2) is 5.99. The number of benzene rings is 1. The van der Waals surface area contributed by atoms with Crippen LogP contribution in [0.2, 0.25) is 0 Å². The highest BCUT2D eigenvalue weighted by atomic mass is 32.2. The molecule has 0 amide bonds. The van der Waals surface area contributed by atoms with Gasteiger partial charge >= 0.3 is 0 Å². The maximum atomic E-state index is 4.98. The van der Waals surface area contributed by atoms with E-state index in [2.05, 4.69) is 37.6 Å².